The maximum atomic E-state index is 7.82. The minimum Gasteiger partial charge on any atom is -0.387 e. The second-order valence-electron chi connectivity index (χ2n) is 5.24. The van der Waals surface area contributed by atoms with E-state index in [2.05, 4.69) is 4.90 Å². The van der Waals surface area contributed by atoms with Crippen LogP contribution in [0.15, 0.2) is 54.6 Å². The van der Waals surface area contributed by atoms with Crippen molar-refractivity contribution in [3.05, 3.63) is 70.7 Å². The summed E-state index contributed by atoms with van der Waals surface area (Å²) in [6, 6.07) is 17.8. The van der Waals surface area contributed by atoms with E-state index >= 15 is 0 Å². The van der Waals surface area contributed by atoms with Crippen molar-refractivity contribution in [2.75, 3.05) is 13.6 Å². The van der Waals surface area contributed by atoms with E-state index in [9.17, 15) is 0 Å². The summed E-state index contributed by atoms with van der Waals surface area (Å²) in [4.78, 5) is 2.17. The molecule has 2 rings (SSSR count). The van der Waals surface area contributed by atoms with E-state index in [1.54, 1.807) is 0 Å². The Morgan fingerprint density at radius 3 is 2.33 bits per heavy atom. The number of hydrogen-bond donors (Lipinski definition) is 2. The summed E-state index contributed by atoms with van der Waals surface area (Å²) in [7, 11) is 2.04. The van der Waals surface area contributed by atoms with Crippen molar-refractivity contribution < 1.29 is 0 Å². The van der Waals surface area contributed by atoms with E-state index < -0.39 is 0 Å². The van der Waals surface area contributed by atoms with Crippen LogP contribution in [0.2, 0.25) is 5.02 Å². The summed E-state index contributed by atoms with van der Waals surface area (Å²) >= 11 is 5.90. The van der Waals surface area contributed by atoms with Crippen LogP contribution in [0, 0.1) is 5.41 Å². The number of halogens is 1. The lowest BCUT2D eigenvalue weighted by molar-refractivity contribution is 0.322. The van der Waals surface area contributed by atoms with Gasteiger partial charge in [0.1, 0.15) is 0 Å². The SMILES string of the molecule is CN(Cc1ccc(Cl)cc1)CC(C(=N)N)c1ccccc1. The smallest absolute Gasteiger partial charge is 0.0995 e. The lowest BCUT2D eigenvalue weighted by Crippen LogP contribution is -2.32. The fourth-order valence-electron chi connectivity index (χ4n) is 2.35. The molecule has 2 aromatic rings. The number of nitrogens with one attached hydrogen (secondary N) is 1. The van der Waals surface area contributed by atoms with E-state index in [0.29, 0.717) is 6.54 Å². The molecule has 110 valence electrons. The molecule has 0 aliphatic heterocycles. The molecule has 1 atom stereocenters. The molecule has 21 heavy (non-hydrogen) atoms. The molecule has 0 saturated carbocycles. The summed E-state index contributed by atoms with van der Waals surface area (Å²) < 4.78 is 0. The van der Waals surface area contributed by atoms with Gasteiger partial charge in [-0.2, -0.15) is 0 Å². The molecule has 0 saturated heterocycles. The molecule has 4 heteroatoms. The average molecular weight is 302 g/mol. The average Bonchev–Trinajstić information content (AvgIpc) is 2.48. The summed E-state index contributed by atoms with van der Waals surface area (Å²) in [6.07, 6.45) is 0. The van der Waals surface area contributed by atoms with Crippen LogP contribution in [0.25, 0.3) is 0 Å². The molecule has 0 spiro atoms. The van der Waals surface area contributed by atoms with Crippen molar-refractivity contribution in [3.8, 4) is 0 Å². The lowest BCUT2D eigenvalue weighted by atomic mass is 9.97. The molecule has 0 heterocycles. The first kappa shape index (κ1) is 15.5. The van der Waals surface area contributed by atoms with E-state index in [1.807, 2.05) is 61.6 Å². The Balaban J connectivity index is 2.03. The monoisotopic (exact) mass is 301 g/mol. The first-order valence-corrected chi connectivity index (χ1v) is 7.26. The van der Waals surface area contributed by atoms with Crippen molar-refractivity contribution in [2.24, 2.45) is 5.73 Å². The van der Waals surface area contributed by atoms with E-state index in [4.69, 9.17) is 22.7 Å². The fraction of sp³-hybridized carbons (Fsp3) is 0.235. The molecule has 0 amide bonds. The fourth-order valence-corrected chi connectivity index (χ4v) is 2.47. The van der Waals surface area contributed by atoms with E-state index in [1.165, 1.54) is 5.56 Å². The zero-order chi connectivity index (χ0) is 15.2. The maximum Gasteiger partial charge on any atom is 0.0995 e. The second-order valence-corrected chi connectivity index (χ2v) is 5.68. The largest absolute Gasteiger partial charge is 0.387 e. The van der Waals surface area contributed by atoms with Crippen LogP contribution in [0.5, 0.6) is 0 Å². The molecular formula is C17H20ClN3. The number of amidine groups is 1. The van der Waals surface area contributed by atoms with Crippen molar-refractivity contribution in [3.63, 3.8) is 0 Å². The van der Waals surface area contributed by atoms with Crippen LogP contribution < -0.4 is 5.73 Å². The van der Waals surface area contributed by atoms with Gasteiger partial charge in [0.25, 0.3) is 0 Å². The number of benzene rings is 2. The summed E-state index contributed by atoms with van der Waals surface area (Å²) in [5, 5.41) is 8.57. The van der Waals surface area contributed by atoms with E-state index in [0.717, 1.165) is 17.1 Å². The van der Waals surface area contributed by atoms with Crippen molar-refractivity contribution in [2.45, 2.75) is 12.5 Å². The molecule has 0 aliphatic carbocycles. The van der Waals surface area contributed by atoms with E-state index in [-0.39, 0.29) is 11.8 Å². The van der Waals surface area contributed by atoms with Gasteiger partial charge >= 0.3 is 0 Å². The standard InChI is InChI=1S/C17H20ClN3/c1-21(11-13-7-9-15(18)10-8-13)12-16(17(19)20)14-5-3-2-4-6-14/h2-10,16H,11-12H2,1H3,(H3,19,20). The molecule has 2 aromatic carbocycles. The minimum absolute atomic E-state index is 0.0801. The Morgan fingerprint density at radius 1 is 1.14 bits per heavy atom. The molecule has 3 nitrogen and oxygen atoms in total. The van der Waals surface area contributed by atoms with Crippen LogP contribution in [-0.4, -0.2) is 24.3 Å². The molecule has 1 unspecified atom stereocenters. The Morgan fingerprint density at radius 2 is 1.76 bits per heavy atom. The Kier molecular flexibility index (Phi) is 5.37. The van der Waals surface area contributed by atoms with Crippen LogP contribution >= 0.6 is 11.6 Å². The van der Waals surface area contributed by atoms with Crippen molar-refractivity contribution in [1.82, 2.24) is 4.90 Å². The number of nitrogens with two attached hydrogens (primary N) is 1. The van der Waals surface area contributed by atoms with Crippen LogP contribution in [0.1, 0.15) is 17.0 Å². The van der Waals surface area contributed by atoms with Crippen LogP contribution in [-0.2, 0) is 6.54 Å². The van der Waals surface area contributed by atoms with Crippen molar-refractivity contribution >= 4 is 17.4 Å². The molecule has 0 fully saturated rings. The van der Waals surface area contributed by atoms with Gasteiger partial charge in [0.05, 0.1) is 11.8 Å². The number of rotatable bonds is 6. The topological polar surface area (TPSA) is 53.1 Å². The van der Waals surface area contributed by atoms with Crippen LogP contribution in [0.4, 0.5) is 0 Å². The molecular weight excluding hydrogens is 282 g/mol. The molecule has 0 radical (unpaired) electrons. The Labute approximate surface area is 130 Å². The summed E-state index contributed by atoms with van der Waals surface area (Å²) in [5.74, 6) is 0.118. The lowest BCUT2D eigenvalue weighted by Gasteiger charge is -2.23. The predicted molar refractivity (Wildman–Crippen MR) is 88.9 cm³/mol. The highest BCUT2D eigenvalue weighted by molar-refractivity contribution is 6.30. The maximum absolute atomic E-state index is 7.82. The number of likely N-dealkylation sites (N-methyl/N-ethyl adjacent to an activating group) is 1. The Hall–Kier alpha value is -1.84. The molecule has 3 N–H and O–H groups in total. The van der Waals surface area contributed by atoms with Gasteiger partial charge < -0.3 is 10.6 Å². The Bertz CT molecular complexity index is 581. The first-order valence-electron chi connectivity index (χ1n) is 6.88. The van der Waals surface area contributed by atoms with Gasteiger partial charge in [0, 0.05) is 18.1 Å². The third-order valence-corrected chi connectivity index (χ3v) is 3.69. The number of hydrogen-bond acceptors (Lipinski definition) is 2. The van der Waals surface area contributed by atoms with Gasteiger partial charge in [-0.3, -0.25) is 5.41 Å². The molecule has 0 aromatic heterocycles. The quantitative estimate of drug-likeness (QED) is 0.634. The molecule has 0 bridgehead atoms. The summed E-state index contributed by atoms with van der Waals surface area (Å²) in [5.41, 5.74) is 8.04. The van der Waals surface area contributed by atoms with Crippen molar-refractivity contribution in [1.29, 1.82) is 5.41 Å². The molecule has 0 aliphatic rings. The summed E-state index contributed by atoms with van der Waals surface area (Å²) in [6.45, 7) is 1.51. The zero-order valence-corrected chi connectivity index (χ0v) is 12.8. The third kappa shape index (κ3) is 4.59. The van der Waals surface area contributed by atoms with Crippen LogP contribution in [0.3, 0.4) is 0 Å². The highest BCUT2D eigenvalue weighted by Crippen LogP contribution is 2.18. The zero-order valence-electron chi connectivity index (χ0n) is 12.1. The van der Waals surface area contributed by atoms with Gasteiger partial charge in [-0.05, 0) is 30.3 Å². The number of nitrogens with zero attached hydrogens (tertiary/aromatic N) is 1. The normalized spacial score (nSPS) is 12.3. The third-order valence-electron chi connectivity index (χ3n) is 3.44. The van der Waals surface area contributed by atoms with Gasteiger partial charge in [-0.1, -0.05) is 54.1 Å². The van der Waals surface area contributed by atoms with Gasteiger partial charge in [-0.25, -0.2) is 0 Å². The van der Waals surface area contributed by atoms with Gasteiger partial charge in [0.2, 0.25) is 0 Å². The van der Waals surface area contributed by atoms with Gasteiger partial charge in [0.15, 0.2) is 0 Å². The highest BCUT2D eigenvalue weighted by Gasteiger charge is 2.17. The first-order chi connectivity index (χ1) is 10.1. The highest BCUT2D eigenvalue weighted by atomic mass is 35.5. The van der Waals surface area contributed by atoms with Gasteiger partial charge in [-0.15, -0.1) is 0 Å². The predicted octanol–water partition coefficient (Wildman–Crippen LogP) is 3.49. The minimum atomic E-state index is -0.0801. The second kappa shape index (κ2) is 7.25.